The van der Waals surface area contributed by atoms with Gasteiger partial charge in [0.15, 0.2) is 13.0 Å². The maximum atomic E-state index is 12.8. The summed E-state index contributed by atoms with van der Waals surface area (Å²) < 4.78 is 125. The van der Waals surface area contributed by atoms with E-state index in [0.29, 0.717) is 0 Å². The quantitative estimate of drug-likeness (QED) is 0.682. The molecule has 0 aromatic carbocycles. The molecule has 2 atom stereocenters. The summed E-state index contributed by atoms with van der Waals surface area (Å²) in [6.07, 6.45) is -14.9. The molecular formula is C7H6F10O. The van der Waals surface area contributed by atoms with Gasteiger partial charge in [0.1, 0.15) is 6.67 Å². The molecule has 0 fully saturated rings. The Kier molecular flexibility index (Phi) is 5.27. The fourth-order valence-corrected chi connectivity index (χ4v) is 0.948. The average Bonchev–Trinajstić information content (AvgIpc) is 2.22. The lowest BCUT2D eigenvalue weighted by molar-refractivity contribution is -0.350. The number of hydrogen-bond acceptors (Lipinski definition) is 1. The Morgan fingerprint density at radius 3 is 1.56 bits per heavy atom. The molecule has 110 valence electrons. The van der Waals surface area contributed by atoms with E-state index in [1.165, 1.54) is 0 Å². The van der Waals surface area contributed by atoms with Crippen molar-refractivity contribution in [3.63, 3.8) is 0 Å². The molecule has 0 spiro atoms. The van der Waals surface area contributed by atoms with Gasteiger partial charge >= 0.3 is 18.0 Å². The highest BCUT2D eigenvalue weighted by atomic mass is 19.4. The van der Waals surface area contributed by atoms with Crippen molar-refractivity contribution in [2.24, 2.45) is 0 Å². The maximum absolute atomic E-state index is 12.8. The number of hydrogen-bond donors (Lipinski definition) is 0. The van der Waals surface area contributed by atoms with E-state index in [1.54, 1.807) is 0 Å². The van der Waals surface area contributed by atoms with Crippen molar-refractivity contribution in [1.82, 2.24) is 0 Å². The van der Waals surface area contributed by atoms with Gasteiger partial charge in [-0.05, 0) is 0 Å². The highest BCUT2D eigenvalue weighted by molar-refractivity contribution is 4.99. The lowest BCUT2D eigenvalue weighted by Gasteiger charge is -2.34. The minimum absolute atomic E-state index is 2.46. The second-order valence-electron chi connectivity index (χ2n) is 3.07. The highest BCUT2D eigenvalue weighted by Gasteiger charge is 2.72. The topological polar surface area (TPSA) is 9.23 Å². The fraction of sp³-hybridized carbons (Fsp3) is 1.00. The van der Waals surface area contributed by atoms with Gasteiger partial charge < -0.3 is 4.74 Å². The Hall–Kier alpha value is -0.740. The van der Waals surface area contributed by atoms with E-state index in [9.17, 15) is 43.9 Å². The molecule has 0 aliphatic rings. The Bertz CT molecular complexity index is 261. The van der Waals surface area contributed by atoms with Gasteiger partial charge in [0.25, 0.3) is 0 Å². The molecule has 0 aliphatic carbocycles. The van der Waals surface area contributed by atoms with Gasteiger partial charge in [-0.2, -0.15) is 30.7 Å². The summed E-state index contributed by atoms with van der Waals surface area (Å²) in [6.45, 7) is -5.09. The summed E-state index contributed by atoms with van der Waals surface area (Å²) >= 11 is 0. The van der Waals surface area contributed by atoms with Crippen molar-refractivity contribution in [2.45, 2.75) is 30.3 Å². The van der Waals surface area contributed by atoms with Gasteiger partial charge in [0, 0.05) is 0 Å². The summed E-state index contributed by atoms with van der Waals surface area (Å²) in [5, 5.41) is 0. The summed E-state index contributed by atoms with van der Waals surface area (Å²) in [7, 11) is 0. The third kappa shape index (κ3) is 3.18. The zero-order valence-electron chi connectivity index (χ0n) is 8.26. The van der Waals surface area contributed by atoms with E-state index in [4.69, 9.17) is 0 Å². The van der Waals surface area contributed by atoms with Crippen LogP contribution in [0.5, 0.6) is 0 Å². The molecule has 11 heteroatoms. The second kappa shape index (κ2) is 5.49. The molecule has 0 saturated carbocycles. The number of alkyl halides is 10. The number of halogens is 10. The molecular weight excluding hydrogens is 290 g/mol. The zero-order valence-corrected chi connectivity index (χ0v) is 8.26. The monoisotopic (exact) mass is 296 g/mol. The first kappa shape index (κ1) is 17.3. The van der Waals surface area contributed by atoms with Crippen LogP contribution in [0.1, 0.15) is 0 Å². The standard InChI is InChI=1S/C7H6F10O/c8-1-3(10)5(11,12)6(13,14)4(18-2-9)7(15,16)17/h3-4H,1-2H2. The first-order chi connectivity index (χ1) is 7.92. The maximum Gasteiger partial charge on any atom is 0.420 e. The van der Waals surface area contributed by atoms with E-state index < -0.39 is 43.8 Å². The molecule has 0 aromatic rings. The van der Waals surface area contributed by atoms with Gasteiger partial charge in [-0.25, -0.2) is 13.2 Å². The third-order valence-corrected chi connectivity index (χ3v) is 1.83. The van der Waals surface area contributed by atoms with Crippen LogP contribution in [0.4, 0.5) is 43.9 Å². The Morgan fingerprint density at radius 2 is 1.28 bits per heavy atom. The minimum Gasteiger partial charge on any atom is -0.331 e. The predicted octanol–water partition coefficient (Wildman–Crippen LogP) is 3.44. The number of rotatable bonds is 6. The molecule has 0 bridgehead atoms. The summed E-state index contributed by atoms with van der Waals surface area (Å²) in [6, 6.07) is 0. The largest absolute Gasteiger partial charge is 0.420 e. The first-order valence-electron chi connectivity index (χ1n) is 4.12. The predicted molar refractivity (Wildman–Crippen MR) is 37.7 cm³/mol. The molecule has 1 nitrogen and oxygen atoms in total. The molecule has 0 heterocycles. The Morgan fingerprint density at radius 1 is 0.833 bits per heavy atom. The molecule has 0 saturated heterocycles. The van der Waals surface area contributed by atoms with Gasteiger partial charge in [-0.1, -0.05) is 0 Å². The summed E-state index contributed by atoms with van der Waals surface area (Å²) in [5.41, 5.74) is 0. The van der Waals surface area contributed by atoms with Gasteiger partial charge in [0.05, 0.1) is 0 Å². The van der Waals surface area contributed by atoms with Crippen LogP contribution in [-0.2, 0) is 4.74 Å². The van der Waals surface area contributed by atoms with Crippen molar-refractivity contribution in [1.29, 1.82) is 0 Å². The Balaban J connectivity index is 5.41. The fourth-order valence-electron chi connectivity index (χ4n) is 0.948. The van der Waals surface area contributed by atoms with Crippen LogP contribution in [0, 0.1) is 0 Å². The van der Waals surface area contributed by atoms with Crippen LogP contribution in [0.3, 0.4) is 0 Å². The lowest BCUT2D eigenvalue weighted by atomic mass is 10.0. The van der Waals surface area contributed by atoms with E-state index in [0.717, 1.165) is 0 Å². The molecule has 0 aromatic heterocycles. The van der Waals surface area contributed by atoms with Crippen molar-refractivity contribution >= 4 is 0 Å². The molecule has 0 radical (unpaired) electrons. The highest BCUT2D eigenvalue weighted by Crippen LogP contribution is 2.46. The zero-order chi connectivity index (χ0) is 14.8. The molecule has 0 N–H and O–H groups in total. The summed E-state index contributed by atoms with van der Waals surface area (Å²) in [5.74, 6) is -12.2. The van der Waals surface area contributed by atoms with Gasteiger partial charge in [-0.15, -0.1) is 0 Å². The smallest absolute Gasteiger partial charge is 0.331 e. The molecule has 0 rings (SSSR count). The first-order valence-corrected chi connectivity index (χ1v) is 4.12. The van der Waals surface area contributed by atoms with Crippen molar-refractivity contribution < 1.29 is 48.6 Å². The Labute approximate surface area is 93.7 Å². The molecule has 18 heavy (non-hydrogen) atoms. The van der Waals surface area contributed by atoms with E-state index in [-0.39, 0.29) is 0 Å². The minimum atomic E-state index is -6.16. The lowest BCUT2D eigenvalue weighted by Crippen LogP contribution is -2.60. The van der Waals surface area contributed by atoms with Gasteiger partial charge in [-0.3, -0.25) is 0 Å². The van der Waals surface area contributed by atoms with Crippen LogP contribution in [0.25, 0.3) is 0 Å². The van der Waals surface area contributed by atoms with E-state index >= 15 is 0 Å². The van der Waals surface area contributed by atoms with Crippen molar-refractivity contribution in [2.75, 3.05) is 13.5 Å². The second-order valence-corrected chi connectivity index (χ2v) is 3.07. The van der Waals surface area contributed by atoms with E-state index in [2.05, 4.69) is 4.74 Å². The van der Waals surface area contributed by atoms with Crippen molar-refractivity contribution in [3.05, 3.63) is 0 Å². The molecule has 0 amide bonds. The normalized spacial score (nSPS) is 17.7. The molecule has 2 unspecified atom stereocenters. The summed E-state index contributed by atoms with van der Waals surface area (Å²) in [4.78, 5) is 0. The average molecular weight is 296 g/mol. The molecule has 0 aliphatic heterocycles. The van der Waals surface area contributed by atoms with E-state index in [1.807, 2.05) is 0 Å². The van der Waals surface area contributed by atoms with Crippen LogP contribution >= 0.6 is 0 Å². The van der Waals surface area contributed by atoms with Crippen LogP contribution in [0.2, 0.25) is 0 Å². The van der Waals surface area contributed by atoms with Crippen molar-refractivity contribution in [3.8, 4) is 0 Å². The van der Waals surface area contributed by atoms with Crippen LogP contribution in [-0.4, -0.2) is 43.8 Å². The number of ether oxygens (including phenoxy) is 1. The van der Waals surface area contributed by atoms with Crippen LogP contribution in [0.15, 0.2) is 0 Å². The van der Waals surface area contributed by atoms with Gasteiger partial charge in [0.2, 0.25) is 6.10 Å². The van der Waals surface area contributed by atoms with Crippen LogP contribution < -0.4 is 0 Å². The third-order valence-electron chi connectivity index (χ3n) is 1.83. The SMILES string of the molecule is FCOC(C(F)(F)F)C(F)(F)C(F)(F)C(F)CF.